The normalized spacial score (nSPS) is 37.8. The highest BCUT2D eigenvalue weighted by molar-refractivity contribution is 6.21. The number of hydrogen-bond donors (Lipinski definition) is 2. The zero-order valence-corrected chi connectivity index (χ0v) is 24.8. The summed E-state index contributed by atoms with van der Waals surface area (Å²) in [5.41, 5.74) is 1.93. The summed E-state index contributed by atoms with van der Waals surface area (Å²) in [7, 11) is 2.17. The Hall–Kier alpha value is -2.03. The average molecular weight is 583 g/mol. The summed E-state index contributed by atoms with van der Waals surface area (Å²) < 4.78 is 13.1. The molecule has 0 radical (unpaired) electrons. The molecule has 1 aromatic carbocycles. The van der Waals surface area contributed by atoms with Gasteiger partial charge in [-0.15, -0.1) is 11.6 Å². The first kappa shape index (κ1) is 29.1. The maximum absolute atomic E-state index is 12.5. The van der Waals surface area contributed by atoms with E-state index in [0.29, 0.717) is 44.7 Å². The van der Waals surface area contributed by atoms with Crippen molar-refractivity contribution < 1.29 is 14.3 Å². The molecule has 4 aliphatic heterocycles. The summed E-state index contributed by atoms with van der Waals surface area (Å²) in [6.07, 6.45) is 6.39. The number of carbonyl (C=O) groups is 1. The van der Waals surface area contributed by atoms with E-state index in [1.807, 2.05) is 6.07 Å². The SMILES string of the molecule is C=CC(=O)N1CCN(C2NC(OCC3CCCN3C)NC3C[C@@]4(CCC32)OCc2ccccc2C4Cl)CC1CC#N. The number of likely N-dealkylation sites (tertiary alicyclic amines) is 1. The summed E-state index contributed by atoms with van der Waals surface area (Å²) in [6.45, 7) is 7.97. The first-order valence-electron chi connectivity index (χ1n) is 15.2. The Bertz CT molecular complexity index is 1160. The van der Waals surface area contributed by atoms with Crippen LogP contribution in [0.2, 0.25) is 0 Å². The third kappa shape index (κ3) is 5.68. The molecule has 9 nitrogen and oxygen atoms in total. The number of likely N-dealkylation sites (N-methyl/N-ethyl adjacent to an activating group) is 1. The van der Waals surface area contributed by atoms with E-state index in [0.717, 1.165) is 38.8 Å². The van der Waals surface area contributed by atoms with Crippen molar-refractivity contribution in [2.75, 3.05) is 39.8 Å². The van der Waals surface area contributed by atoms with Crippen molar-refractivity contribution in [3.05, 3.63) is 48.0 Å². The number of piperazine rings is 1. The number of ether oxygens (including phenoxy) is 2. The summed E-state index contributed by atoms with van der Waals surface area (Å²) in [6, 6.07) is 11.1. The highest BCUT2D eigenvalue weighted by Crippen LogP contribution is 2.51. The Morgan fingerprint density at radius 2 is 2.12 bits per heavy atom. The molecule has 0 aromatic heterocycles. The van der Waals surface area contributed by atoms with Crippen LogP contribution >= 0.6 is 11.6 Å². The van der Waals surface area contributed by atoms with E-state index in [4.69, 9.17) is 21.1 Å². The Labute approximate surface area is 248 Å². The van der Waals surface area contributed by atoms with Gasteiger partial charge in [0.2, 0.25) is 5.91 Å². The van der Waals surface area contributed by atoms with Crippen LogP contribution in [-0.2, 0) is 20.9 Å². The van der Waals surface area contributed by atoms with Crippen LogP contribution in [0, 0.1) is 17.2 Å². The molecular weight excluding hydrogens is 540 g/mol. The molecule has 222 valence electrons. The number of amides is 1. The van der Waals surface area contributed by atoms with Crippen molar-refractivity contribution in [3.8, 4) is 6.07 Å². The van der Waals surface area contributed by atoms with Crippen LogP contribution < -0.4 is 10.6 Å². The van der Waals surface area contributed by atoms with E-state index in [-0.39, 0.29) is 35.9 Å². The van der Waals surface area contributed by atoms with Crippen LogP contribution in [0.25, 0.3) is 0 Å². The number of hydrogen-bond acceptors (Lipinski definition) is 8. The molecule has 1 saturated carbocycles. The van der Waals surface area contributed by atoms with Crippen molar-refractivity contribution in [1.29, 1.82) is 5.26 Å². The summed E-state index contributed by atoms with van der Waals surface area (Å²) in [4.78, 5) is 19.2. The third-order valence-electron chi connectivity index (χ3n) is 10.2. The maximum Gasteiger partial charge on any atom is 0.246 e. The molecule has 41 heavy (non-hydrogen) atoms. The summed E-state index contributed by atoms with van der Waals surface area (Å²) in [5, 5.41) is 16.9. The van der Waals surface area contributed by atoms with Gasteiger partial charge in [-0.05, 0) is 62.9 Å². The van der Waals surface area contributed by atoms with Crippen molar-refractivity contribution in [2.24, 2.45) is 5.92 Å². The Morgan fingerprint density at radius 1 is 1.27 bits per heavy atom. The smallest absolute Gasteiger partial charge is 0.246 e. The number of nitriles is 1. The van der Waals surface area contributed by atoms with E-state index >= 15 is 0 Å². The van der Waals surface area contributed by atoms with Gasteiger partial charge in [0.15, 0.2) is 6.35 Å². The van der Waals surface area contributed by atoms with Crippen LogP contribution in [0.3, 0.4) is 0 Å². The topological polar surface area (TPSA) is 93.1 Å². The lowest BCUT2D eigenvalue weighted by atomic mass is 9.69. The van der Waals surface area contributed by atoms with Gasteiger partial charge in [-0.25, -0.2) is 0 Å². The van der Waals surface area contributed by atoms with Crippen LogP contribution in [0.15, 0.2) is 36.9 Å². The van der Waals surface area contributed by atoms with Gasteiger partial charge in [0, 0.05) is 37.6 Å². The standard InChI is InChI=1S/C31H43ClN6O3/c1-3-27(39)38-16-15-37(18-22(38)11-13-33)29-25-10-12-31(28(32)24-9-5-4-7-21(24)19-41-31)17-26(25)34-30(35-29)40-20-23-8-6-14-36(23)2/h3-5,7,9,22-23,25-26,28-30,34-35H,1,6,8,10-12,14-20H2,2H3/t22?,23?,25?,26?,28?,29?,30?,31-/m1/s1. The van der Waals surface area contributed by atoms with Gasteiger partial charge in [-0.1, -0.05) is 30.8 Å². The lowest BCUT2D eigenvalue weighted by Crippen LogP contribution is -2.73. The molecule has 10 heteroatoms. The predicted molar refractivity (Wildman–Crippen MR) is 157 cm³/mol. The number of nitrogens with one attached hydrogen (secondary N) is 2. The molecule has 4 fully saturated rings. The molecule has 1 spiro atoms. The molecule has 4 heterocycles. The van der Waals surface area contributed by atoms with E-state index in [1.165, 1.54) is 23.6 Å². The number of halogens is 1. The van der Waals surface area contributed by atoms with Gasteiger partial charge in [-0.2, -0.15) is 5.26 Å². The van der Waals surface area contributed by atoms with Crippen molar-refractivity contribution in [3.63, 3.8) is 0 Å². The molecule has 6 rings (SSSR count). The molecule has 2 N–H and O–H groups in total. The van der Waals surface area contributed by atoms with Crippen molar-refractivity contribution in [1.82, 2.24) is 25.3 Å². The molecular formula is C31H43ClN6O3. The fourth-order valence-corrected chi connectivity index (χ4v) is 8.33. The number of carbonyl (C=O) groups excluding carboxylic acids is 1. The van der Waals surface area contributed by atoms with Crippen LogP contribution in [0.4, 0.5) is 0 Å². The maximum atomic E-state index is 12.5. The predicted octanol–water partition coefficient (Wildman–Crippen LogP) is 2.93. The third-order valence-corrected chi connectivity index (χ3v) is 10.8. The monoisotopic (exact) mass is 582 g/mol. The number of fused-ring (bicyclic) bond motifs is 2. The van der Waals surface area contributed by atoms with E-state index in [9.17, 15) is 10.1 Å². The molecule has 1 aromatic rings. The van der Waals surface area contributed by atoms with Gasteiger partial charge in [0.05, 0.1) is 48.9 Å². The van der Waals surface area contributed by atoms with Crippen LogP contribution in [0.5, 0.6) is 0 Å². The van der Waals surface area contributed by atoms with Gasteiger partial charge in [-0.3, -0.25) is 20.3 Å². The molecule has 1 amide bonds. The fraction of sp³-hybridized carbons (Fsp3) is 0.677. The molecule has 3 saturated heterocycles. The Morgan fingerprint density at radius 3 is 2.90 bits per heavy atom. The highest BCUT2D eigenvalue weighted by Gasteiger charge is 2.54. The lowest BCUT2D eigenvalue weighted by Gasteiger charge is -2.56. The fourth-order valence-electron chi connectivity index (χ4n) is 7.86. The second-order valence-electron chi connectivity index (χ2n) is 12.4. The second kappa shape index (κ2) is 12.3. The summed E-state index contributed by atoms with van der Waals surface area (Å²) >= 11 is 7.22. The molecule has 7 unspecified atom stereocenters. The highest BCUT2D eigenvalue weighted by atomic mass is 35.5. The number of nitrogens with zero attached hydrogens (tertiary/aromatic N) is 4. The molecule has 5 aliphatic rings. The van der Waals surface area contributed by atoms with Gasteiger partial charge < -0.3 is 19.3 Å². The molecule has 0 bridgehead atoms. The van der Waals surface area contributed by atoms with Crippen LogP contribution in [-0.4, -0.2) is 96.7 Å². The minimum absolute atomic E-state index is 0.0525. The van der Waals surface area contributed by atoms with Gasteiger partial charge in [0.1, 0.15) is 0 Å². The number of benzene rings is 1. The van der Waals surface area contributed by atoms with Gasteiger partial charge in [0.25, 0.3) is 0 Å². The van der Waals surface area contributed by atoms with Crippen LogP contribution in [0.1, 0.15) is 55.0 Å². The molecule has 1 aliphatic carbocycles. The van der Waals surface area contributed by atoms with E-state index in [1.54, 1.807) is 4.90 Å². The minimum Gasteiger partial charge on any atom is -0.368 e. The van der Waals surface area contributed by atoms with E-state index in [2.05, 4.69) is 58.3 Å². The largest absolute Gasteiger partial charge is 0.368 e. The number of rotatable bonds is 6. The van der Waals surface area contributed by atoms with Gasteiger partial charge >= 0.3 is 0 Å². The van der Waals surface area contributed by atoms with Crippen molar-refractivity contribution >= 4 is 17.5 Å². The minimum atomic E-state index is -0.430. The average Bonchev–Trinajstić information content (AvgIpc) is 3.41. The first-order chi connectivity index (χ1) is 19.9. The second-order valence-corrected chi connectivity index (χ2v) is 12.9. The quantitative estimate of drug-likeness (QED) is 0.391. The molecule has 8 atom stereocenters. The Balaban J connectivity index is 1.22. The Kier molecular flexibility index (Phi) is 8.71. The van der Waals surface area contributed by atoms with Crippen molar-refractivity contribution in [2.45, 2.75) is 86.8 Å². The number of alkyl halides is 1. The lowest BCUT2D eigenvalue weighted by molar-refractivity contribution is -0.155. The first-order valence-corrected chi connectivity index (χ1v) is 15.6. The zero-order chi connectivity index (χ0) is 28.6. The zero-order valence-electron chi connectivity index (χ0n) is 24.0. The summed E-state index contributed by atoms with van der Waals surface area (Å²) in [5.74, 6) is 0.203. The van der Waals surface area contributed by atoms with E-state index < -0.39 is 5.60 Å².